The van der Waals surface area contributed by atoms with Crippen molar-refractivity contribution in [3.8, 4) is 0 Å². The minimum absolute atomic E-state index is 0.233. The molecule has 596 valence electrons. The van der Waals surface area contributed by atoms with Crippen LogP contribution in [0.4, 0.5) is 0 Å². The van der Waals surface area contributed by atoms with E-state index in [1.165, 1.54) is 244 Å². The number of carbonyl (C=O) groups excluding carboxylic acids is 1. The maximum absolute atomic E-state index is 13.5. The first-order valence-corrected chi connectivity index (χ1v) is 41.5. The zero-order chi connectivity index (χ0) is 73.9. The van der Waals surface area contributed by atoms with Gasteiger partial charge in [0.2, 0.25) is 5.91 Å². The molecule has 3 aliphatic rings. The van der Waals surface area contributed by atoms with Crippen molar-refractivity contribution in [1.82, 2.24) is 5.32 Å². The van der Waals surface area contributed by atoms with Gasteiger partial charge in [0.15, 0.2) is 18.9 Å². The van der Waals surface area contributed by atoms with E-state index in [1.807, 2.05) is 6.08 Å². The molecule has 1 amide bonds. The van der Waals surface area contributed by atoms with E-state index in [0.29, 0.717) is 12.8 Å². The zero-order valence-corrected chi connectivity index (χ0v) is 63.8. The van der Waals surface area contributed by atoms with Gasteiger partial charge in [0.25, 0.3) is 0 Å². The molecule has 3 heterocycles. The van der Waals surface area contributed by atoms with Crippen molar-refractivity contribution in [1.29, 1.82) is 0 Å². The summed E-state index contributed by atoms with van der Waals surface area (Å²) in [5, 5.41) is 121. The Bertz CT molecular complexity index is 2080. The average Bonchev–Trinajstić information content (AvgIpc) is 0.781. The first-order valence-electron chi connectivity index (χ1n) is 41.5. The molecule has 3 aliphatic heterocycles. The Kier molecular flexibility index (Phi) is 58.3. The molecule has 3 fully saturated rings. The maximum atomic E-state index is 13.5. The number of amides is 1. The van der Waals surface area contributed by atoms with Crippen LogP contribution in [0.3, 0.4) is 0 Å². The van der Waals surface area contributed by atoms with Crippen molar-refractivity contribution < 1.29 is 89.4 Å². The van der Waals surface area contributed by atoms with Gasteiger partial charge >= 0.3 is 0 Å². The predicted octanol–water partition coefficient (Wildman–Crippen LogP) is 14.2. The Morgan fingerprint density at radius 3 is 1.04 bits per heavy atom. The largest absolute Gasteiger partial charge is 0.394 e. The van der Waals surface area contributed by atoms with Gasteiger partial charge in [-0.3, -0.25) is 4.79 Å². The van der Waals surface area contributed by atoms with Crippen molar-refractivity contribution in [3.63, 3.8) is 0 Å². The zero-order valence-electron chi connectivity index (χ0n) is 63.8. The first-order chi connectivity index (χ1) is 49.8. The fourth-order valence-corrected chi connectivity index (χ4v) is 13.8. The molecule has 0 radical (unpaired) electrons. The molecule has 17 unspecified atom stereocenters. The molecule has 0 aromatic carbocycles. The number of allylic oxidation sites excluding steroid dienone is 9. The number of nitrogens with one attached hydrogen (secondary N) is 1. The summed E-state index contributed by atoms with van der Waals surface area (Å²) in [7, 11) is 0. The fraction of sp³-hybridized carbons (Fsp3) is 0.867. The number of carbonyl (C=O) groups is 1. The van der Waals surface area contributed by atoms with Crippen LogP contribution in [0, 0.1) is 0 Å². The third-order valence-corrected chi connectivity index (χ3v) is 20.5. The van der Waals surface area contributed by atoms with Crippen LogP contribution in [0.15, 0.2) is 60.8 Å². The summed E-state index contributed by atoms with van der Waals surface area (Å²) in [5.41, 5.74) is 0. The third kappa shape index (κ3) is 42.9. The van der Waals surface area contributed by atoms with Gasteiger partial charge in [0.05, 0.1) is 38.6 Å². The van der Waals surface area contributed by atoms with Crippen molar-refractivity contribution in [2.45, 2.75) is 433 Å². The van der Waals surface area contributed by atoms with Crippen LogP contribution in [-0.2, 0) is 33.2 Å². The summed E-state index contributed by atoms with van der Waals surface area (Å²) in [5.74, 6) is -0.285. The lowest BCUT2D eigenvalue weighted by molar-refractivity contribution is -0.379. The molecule has 12 N–H and O–H groups in total. The molecular weight excluding hydrogens is 1300 g/mol. The van der Waals surface area contributed by atoms with Gasteiger partial charge < -0.3 is 89.9 Å². The molecular formula is C83H151NO18. The highest BCUT2D eigenvalue weighted by Crippen LogP contribution is 2.33. The predicted molar refractivity (Wildman–Crippen MR) is 406 cm³/mol. The number of aliphatic hydroxyl groups excluding tert-OH is 11. The Balaban J connectivity index is 1.38. The van der Waals surface area contributed by atoms with Gasteiger partial charge in [-0.25, -0.2) is 0 Å². The lowest BCUT2D eigenvalue weighted by atomic mass is 9.96. The Hall–Kier alpha value is -2.51. The molecule has 3 saturated heterocycles. The van der Waals surface area contributed by atoms with Gasteiger partial charge in [-0.2, -0.15) is 0 Å². The van der Waals surface area contributed by atoms with Gasteiger partial charge in [0.1, 0.15) is 73.2 Å². The number of hydrogen-bond acceptors (Lipinski definition) is 18. The Morgan fingerprint density at radius 1 is 0.353 bits per heavy atom. The van der Waals surface area contributed by atoms with Gasteiger partial charge in [-0.1, -0.05) is 306 Å². The minimum atomic E-state index is -1.98. The molecule has 0 saturated carbocycles. The third-order valence-electron chi connectivity index (χ3n) is 20.5. The fourth-order valence-electron chi connectivity index (χ4n) is 13.8. The van der Waals surface area contributed by atoms with E-state index < -0.39 is 124 Å². The summed E-state index contributed by atoms with van der Waals surface area (Å²) in [6, 6.07) is -0.999. The van der Waals surface area contributed by atoms with Gasteiger partial charge in [0, 0.05) is 6.42 Å². The Labute approximate surface area is 617 Å². The minimum Gasteiger partial charge on any atom is -0.394 e. The van der Waals surface area contributed by atoms with Crippen LogP contribution in [0.5, 0.6) is 0 Å². The quantitative estimate of drug-likeness (QED) is 0.0199. The number of hydrogen-bond donors (Lipinski definition) is 12. The van der Waals surface area contributed by atoms with Crippen LogP contribution in [0.25, 0.3) is 0 Å². The highest BCUT2D eigenvalue weighted by Gasteiger charge is 2.54. The summed E-state index contributed by atoms with van der Waals surface area (Å²) >= 11 is 0. The highest BCUT2D eigenvalue weighted by atomic mass is 16.8. The van der Waals surface area contributed by atoms with Gasteiger partial charge in [-0.05, 0) is 77.0 Å². The molecule has 0 aromatic heterocycles. The van der Waals surface area contributed by atoms with E-state index in [0.717, 1.165) is 51.4 Å². The molecule has 0 bridgehead atoms. The van der Waals surface area contributed by atoms with Crippen LogP contribution >= 0.6 is 0 Å². The summed E-state index contributed by atoms with van der Waals surface area (Å²) in [6.45, 7) is 1.74. The second-order valence-electron chi connectivity index (χ2n) is 29.6. The summed E-state index contributed by atoms with van der Waals surface area (Å²) < 4.78 is 34.4. The second kappa shape index (κ2) is 63.4. The highest BCUT2D eigenvalue weighted by molar-refractivity contribution is 5.76. The SMILES string of the molecule is CCCCCCC/C=C\C/C=C\CCCCCCCCCCCCCCCCCCCCCC(=O)NC(COC1OC(CO)C(OC2OC(CO)C(OC3OC(CO)C(O)C(O)C3O)C(O)C2O)C(O)C1O)C(O)/C=C/CC/C=C/CC/C=C/CCCCCCCCCCCCCCCCCC. The lowest BCUT2D eigenvalue weighted by Crippen LogP contribution is -2.66. The average molecular weight is 1450 g/mol. The van der Waals surface area contributed by atoms with Crippen molar-refractivity contribution in [3.05, 3.63) is 60.8 Å². The second-order valence-corrected chi connectivity index (χ2v) is 29.6. The molecule has 0 aliphatic carbocycles. The summed E-state index contributed by atoms with van der Waals surface area (Å²) in [6.07, 6.45) is 55.0. The van der Waals surface area contributed by atoms with Crippen molar-refractivity contribution in [2.24, 2.45) is 0 Å². The molecule has 19 heteroatoms. The molecule has 3 rings (SSSR count). The van der Waals surface area contributed by atoms with E-state index in [4.69, 9.17) is 28.4 Å². The number of rotatable bonds is 66. The molecule has 17 atom stereocenters. The number of ether oxygens (including phenoxy) is 6. The lowest BCUT2D eigenvalue weighted by Gasteiger charge is -2.48. The van der Waals surface area contributed by atoms with E-state index in [1.54, 1.807) is 6.08 Å². The van der Waals surface area contributed by atoms with Crippen molar-refractivity contribution >= 4 is 5.91 Å². The normalized spacial score (nSPS) is 26.5. The van der Waals surface area contributed by atoms with Crippen LogP contribution in [0.1, 0.15) is 328 Å². The van der Waals surface area contributed by atoms with E-state index in [-0.39, 0.29) is 18.9 Å². The van der Waals surface area contributed by atoms with E-state index >= 15 is 0 Å². The monoisotopic (exact) mass is 1450 g/mol. The number of unbranched alkanes of at least 4 members (excludes halogenated alkanes) is 42. The van der Waals surface area contributed by atoms with Gasteiger partial charge in [-0.15, -0.1) is 0 Å². The molecule has 102 heavy (non-hydrogen) atoms. The molecule has 0 spiro atoms. The standard InChI is InChI=1S/C83H151NO18/c1-3-5-7-9-11-13-15-17-19-21-23-25-27-29-31-32-33-34-35-37-39-41-43-45-47-49-51-53-55-57-59-61-71(89)84-66(67(88)60-58-56-54-52-50-48-46-44-42-40-38-36-30-28-26-24-22-20-18-16-14-12-10-8-6-4-2)65-97-81-77(95)74(92)79(69(63-86)99-81)102-83-78(96)75(93)80(70(64-87)100-83)101-82-76(94)73(91)72(90)68(62-85)98-82/h15,17,21,23,42,44,50,52,58,60,66-70,72-83,85-88,90-96H,3-14,16,18-20,22,24-41,43,45-49,51,53-57,59,61-65H2,1-2H3,(H,84,89)/b17-15-,23-21-,44-42+,52-50+,60-58+. The summed E-state index contributed by atoms with van der Waals surface area (Å²) in [4.78, 5) is 13.5. The first kappa shape index (κ1) is 93.7. The smallest absolute Gasteiger partial charge is 0.220 e. The number of aliphatic hydroxyl groups is 11. The topological polar surface area (TPSA) is 307 Å². The van der Waals surface area contributed by atoms with Crippen LogP contribution < -0.4 is 5.32 Å². The Morgan fingerprint density at radius 2 is 0.657 bits per heavy atom. The van der Waals surface area contributed by atoms with Crippen LogP contribution in [-0.4, -0.2) is 193 Å². The molecule has 0 aromatic rings. The van der Waals surface area contributed by atoms with E-state index in [9.17, 15) is 61.0 Å². The van der Waals surface area contributed by atoms with Crippen molar-refractivity contribution in [2.75, 3.05) is 26.4 Å². The van der Waals surface area contributed by atoms with Crippen LogP contribution in [0.2, 0.25) is 0 Å². The molecule has 19 nitrogen and oxygen atoms in total. The maximum Gasteiger partial charge on any atom is 0.220 e. The van der Waals surface area contributed by atoms with E-state index in [2.05, 4.69) is 67.8 Å².